The van der Waals surface area contributed by atoms with Gasteiger partial charge in [0, 0.05) is 30.4 Å². The smallest absolute Gasteiger partial charge is 0.0540 e. The Labute approximate surface area is 122 Å². The van der Waals surface area contributed by atoms with Crippen LogP contribution in [0.4, 0.5) is 0 Å². The van der Waals surface area contributed by atoms with Crippen molar-refractivity contribution >= 4 is 0 Å². The summed E-state index contributed by atoms with van der Waals surface area (Å²) in [6.45, 7) is 10.9. The number of aromatic nitrogens is 2. The van der Waals surface area contributed by atoms with E-state index in [0.717, 1.165) is 0 Å². The number of nitrogens with zero attached hydrogens (tertiary/aromatic N) is 2. The Morgan fingerprint density at radius 2 is 1.70 bits per heavy atom. The Bertz CT molecular complexity index is 598. The average Bonchev–Trinajstić information content (AvgIpc) is 2.69. The van der Waals surface area contributed by atoms with Crippen LogP contribution in [0.3, 0.4) is 0 Å². The minimum absolute atomic E-state index is 0.291. The van der Waals surface area contributed by atoms with E-state index in [9.17, 15) is 0 Å². The SMILES string of the molecule is Cc1ccc(C(C)NC(C)c2cnn(C)c2C)c(C)c1. The molecule has 3 heteroatoms. The maximum Gasteiger partial charge on any atom is 0.0540 e. The van der Waals surface area contributed by atoms with Crippen LogP contribution in [-0.2, 0) is 7.05 Å². The van der Waals surface area contributed by atoms with E-state index in [-0.39, 0.29) is 0 Å². The van der Waals surface area contributed by atoms with Crippen LogP contribution < -0.4 is 5.32 Å². The van der Waals surface area contributed by atoms with Crippen molar-refractivity contribution < 1.29 is 0 Å². The highest BCUT2D eigenvalue weighted by Crippen LogP contribution is 2.23. The van der Waals surface area contributed by atoms with E-state index in [1.807, 2.05) is 17.9 Å². The minimum atomic E-state index is 0.291. The van der Waals surface area contributed by atoms with Crippen molar-refractivity contribution in [3.8, 4) is 0 Å². The van der Waals surface area contributed by atoms with E-state index >= 15 is 0 Å². The fraction of sp³-hybridized carbons (Fsp3) is 0.471. The molecule has 1 heterocycles. The van der Waals surface area contributed by atoms with Gasteiger partial charge < -0.3 is 5.32 Å². The van der Waals surface area contributed by atoms with Gasteiger partial charge >= 0.3 is 0 Å². The summed E-state index contributed by atoms with van der Waals surface area (Å²) in [6, 6.07) is 7.27. The van der Waals surface area contributed by atoms with Crippen molar-refractivity contribution in [3.63, 3.8) is 0 Å². The molecule has 0 bridgehead atoms. The molecule has 0 aliphatic carbocycles. The number of nitrogens with one attached hydrogen (secondary N) is 1. The first-order valence-corrected chi connectivity index (χ1v) is 7.22. The summed E-state index contributed by atoms with van der Waals surface area (Å²) in [4.78, 5) is 0. The predicted molar refractivity (Wildman–Crippen MR) is 83.8 cm³/mol. The van der Waals surface area contributed by atoms with Crippen LogP contribution in [0.25, 0.3) is 0 Å². The molecule has 2 atom stereocenters. The summed E-state index contributed by atoms with van der Waals surface area (Å²) >= 11 is 0. The zero-order valence-corrected chi connectivity index (χ0v) is 13.4. The monoisotopic (exact) mass is 271 g/mol. The van der Waals surface area contributed by atoms with Crippen molar-refractivity contribution in [1.29, 1.82) is 0 Å². The van der Waals surface area contributed by atoms with Gasteiger partial charge in [-0.15, -0.1) is 0 Å². The molecule has 0 spiro atoms. The van der Waals surface area contributed by atoms with E-state index in [4.69, 9.17) is 0 Å². The molecule has 0 aliphatic heterocycles. The van der Waals surface area contributed by atoms with Gasteiger partial charge in [-0.3, -0.25) is 4.68 Å². The summed E-state index contributed by atoms with van der Waals surface area (Å²) in [6.07, 6.45) is 1.96. The van der Waals surface area contributed by atoms with Crippen molar-refractivity contribution in [2.24, 2.45) is 7.05 Å². The van der Waals surface area contributed by atoms with Gasteiger partial charge in [0.1, 0.15) is 0 Å². The Morgan fingerprint density at radius 3 is 2.25 bits per heavy atom. The minimum Gasteiger partial charge on any atom is -0.304 e. The van der Waals surface area contributed by atoms with Gasteiger partial charge in [-0.05, 0) is 45.7 Å². The first-order valence-electron chi connectivity index (χ1n) is 7.22. The number of aryl methyl sites for hydroxylation is 3. The van der Waals surface area contributed by atoms with Gasteiger partial charge in [0.25, 0.3) is 0 Å². The highest BCUT2D eigenvalue weighted by Gasteiger charge is 2.16. The third-order valence-corrected chi connectivity index (χ3v) is 4.13. The molecule has 0 saturated carbocycles. The lowest BCUT2D eigenvalue weighted by molar-refractivity contribution is 0.491. The van der Waals surface area contributed by atoms with E-state index in [1.54, 1.807) is 0 Å². The molecule has 0 radical (unpaired) electrons. The lowest BCUT2D eigenvalue weighted by atomic mass is 9.99. The highest BCUT2D eigenvalue weighted by molar-refractivity contribution is 5.33. The molecule has 108 valence electrons. The van der Waals surface area contributed by atoms with Crippen LogP contribution in [-0.4, -0.2) is 9.78 Å². The van der Waals surface area contributed by atoms with Crippen LogP contribution in [0.15, 0.2) is 24.4 Å². The lowest BCUT2D eigenvalue weighted by Crippen LogP contribution is -2.23. The second-order valence-corrected chi connectivity index (χ2v) is 5.78. The average molecular weight is 271 g/mol. The van der Waals surface area contributed by atoms with Gasteiger partial charge in [-0.1, -0.05) is 23.8 Å². The number of hydrogen-bond donors (Lipinski definition) is 1. The molecule has 0 aliphatic rings. The van der Waals surface area contributed by atoms with Gasteiger partial charge in [0.05, 0.1) is 6.20 Å². The second kappa shape index (κ2) is 5.80. The van der Waals surface area contributed by atoms with Crippen molar-refractivity contribution in [3.05, 3.63) is 52.3 Å². The lowest BCUT2D eigenvalue weighted by Gasteiger charge is -2.22. The number of benzene rings is 1. The normalized spacial score (nSPS) is 14.3. The summed E-state index contributed by atoms with van der Waals surface area (Å²) in [7, 11) is 1.99. The van der Waals surface area contributed by atoms with Crippen molar-refractivity contribution in [2.75, 3.05) is 0 Å². The Morgan fingerprint density at radius 1 is 1.05 bits per heavy atom. The van der Waals surface area contributed by atoms with E-state index < -0.39 is 0 Å². The van der Waals surface area contributed by atoms with Crippen LogP contribution in [0, 0.1) is 20.8 Å². The predicted octanol–water partition coefficient (Wildman–Crippen LogP) is 3.76. The van der Waals surface area contributed by atoms with Gasteiger partial charge in [-0.25, -0.2) is 0 Å². The molecule has 1 N–H and O–H groups in total. The third-order valence-electron chi connectivity index (χ3n) is 4.13. The van der Waals surface area contributed by atoms with Gasteiger partial charge in [0.2, 0.25) is 0 Å². The first-order chi connectivity index (χ1) is 9.40. The molecule has 1 aromatic carbocycles. The molecule has 2 unspecified atom stereocenters. The molecular weight excluding hydrogens is 246 g/mol. The van der Waals surface area contributed by atoms with Crippen LogP contribution in [0.2, 0.25) is 0 Å². The van der Waals surface area contributed by atoms with Crippen molar-refractivity contribution in [1.82, 2.24) is 15.1 Å². The fourth-order valence-electron chi connectivity index (χ4n) is 2.81. The van der Waals surface area contributed by atoms with Crippen molar-refractivity contribution in [2.45, 2.75) is 46.7 Å². The first kappa shape index (κ1) is 14.8. The van der Waals surface area contributed by atoms with Gasteiger partial charge in [0.15, 0.2) is 0 Å². The van der Waals surface area contributed by atoms with Crippen LogP contribution in [0.5, 0.6) is 0 Å². The number of rotatable bonds is 4. The molecule has 0 amide bonds. The molecular formula is C17H25N3. The van der Waals surface area contributed by atoms with E-state index in [0.29, 0.717) is 12.1 Å². The summed E-state index contributed by atoms with van der Waals surface area (Å²) in [5, 5.41) is 8.00. The largest absolute Gasteiger partial charge is 0.304 e. The standard InChI is InChI=1S/C17H25N3/c1-11-7-8-16(12(2)9-11)13(3)19-14(4)17-10-18-20(6)15(17)5/h7-10,13-14,19H,1-6H3. The molecule has 2 aromatic rings. The molecule has 0 saturated heterocycles. The topological polar surface area (TPSA) is 29.9 Å². The van der Waals surface area contributed by atoms with E-state index in [2.05, 4.69) is 63.2 Å². The van der Waals surface area contributed by atoms with Crippen LogP contribution >= 0.6 is 0 Å². The summed E-state index contributed by atoms with van der Waals surface area (Å²) in [5.74, 6) is 0. The summed E-state index contributed by atoms with van der Waals surface area (Å²) in [5.41, 5.74) is 6.51. The zero-order valence-electron chi connectivity index (χ0n) is 13.4. The Balaban J connectivity index is 2.15. The fourth-order valence-corrected chi connectivity index (χ4v) is 2.81. The maximum atomic E-state index is 4.32. The third kappa shape index (κ3) is 2.93. The molecule has 2 rings (SSSR count). The van der Waals surface area contributed by atoms with Gasteiger partial charge in [-0.2, -0.15) is 5.10 Å². The molecule has 0 fully saturated rings. The Kier molecular flexibility index (Phi) is 4.29. The molecule has 1 aromatic heterocycles. The highest BCUT2D eigenvalue weighted by atomic mass is 15.3. The Hall–Kier alpha value is -1.61. The van der Waals surface area contributed by atoms with E-state index in [1.165, 1.54) is 27.9 Å². The zero-order chi connectivity index (χ0) is 14.9. The summed E-state index contributed by atoms with van der Waals surface area (Å²) < 4.78 is 1.93. The molecule has 3 nitrogen and oxygen atoms in total. The second-order valence-electron chi connectivity index (χ2n) is 5.78. The molecule has 20 heavy (non-hydrogen) atoms. The van der Waals surface area contributed by atoms with Crippen LogP contribution in [0.1, 0.15) is 53.9 Å². The quantitative estimate of drug-likeness (QED) is 0.917. The number of hydrogen-bond acceptors (Lipinski definition) is 2. The maximum absolute atomic E-state index is 4.32.